The van der Waals surface area contributed by atoms with Crippen molar-refractivity contribution in [2.24, 2.45) is 0 Å². The molecule has 0 bridgehead atoms. The number of aromatic nitrogens is 5. The lowest BCUT2D eigenvalue weighted by atomic mass is 9.85. The molecule has 1 unspecified atom stereocenters. The maximum Gasteiger partial charge on any atom is 0.272 e. The lowest BCUT2D eigenvalue weighted by molar-refractivity contribution is -0.116. The number of anilines is 1. The van der Waals surface area contributed by atoms with Crippen molar-refractivity contribution >= 4 is 23.3 Å². The zero-order chi connectivity index (χ0) is 21.5. The van der Waals surface area contributed by atoms with E-state index in [9.17, 15) is 9.18 Å². The highest BCUT2D eigenvalue weighted by molar-refractivity contribution is 6.30. The largest absolute Gasteiger partial charge is 0.310 e. The smallest absolute Gasteiger partial charge is 0.272 e. The van der Waals surface area contributed by atoms with Gasteiger partial charge in [-0.25, -0.2) is 9.37 Å². The van der Waals surface area contributed by atoms with E-state index in [4.69, 9.17) is 11.6 Å². The van der Waals surface area contributed by atoms with Gasteiger partial charge in [0.05, 0.1) is 17.6 Å². The topological polar surface area (TPSA) is 85.6 Å². The minimum atomic E-state index is -0.453. The zero-order valence-corrected chi connectivity index (χ0v) is 17.1. The normalized spacial score (nSPS) is 15.5. The number of carbonyl (C=O) groups excluding carboxylic acids is 1. The standard InChI is InChI=1S/C22H16ClFN6O/c1-12-20-16(15-4-2-3-5-17(15)24)10-19(31)27-21(20)30(29-12)22-26-18(11-25-28-22)13-6-8-14(23)9-7-13/h2-9,11,16H,10H2,1H3,(H,27,31). The highest BCUT2D eigenvalue weighted by Gasteiger charge is 2.34. The van der Waals surface area contributed by atoms with Gasteiger partial charge in [0.15, 0.2) is 0 Å². The van der Waals surface area contributed by atoms with E-state index in [1.54, 1.807) is 30.3 Å². The first kappa shape index (κ1) is 19.3. The van der Waals surface area contributed by atoms with Gasteiger partial charge in [0.25, 0.3) is 5.95 Å². The van der Waals surface area contributed by atoms with Crippen LogP contribution < -0.4 is 5.32 Å². The lowest BCUT2D eigenvalue weighted by Gasteiger charge is -2.24. The summed E-state index contributed by atoms with van der Waals surface area (Å²) in [5, 5.41) is 16.2. The van der Waals surface area contributed by atoms with Gasteiger partial charge in [-0.15, -0.1) is 5.10 Å². The van der Waals surface area contributed by atoms with Crippen LogP contribution in [0, 0.1) is 12.7 Å². The Hall–Kier alpha value is -3.65. The fourth-order valence-corrected chi connectivity index (χ4v) is 3.98. The monoisotopic (exact) mass is 434 g/mol. The predicted octanol–water partition coefficient (Wildman–Crippen LogP) is 4.30. The van der Waals surface area contributed by atoms with Crippen molar-refractivity contribution < 1.29 is 9.18 Å². The Morgan fingerprint density at radius 1 is 1.16 bits per heavy atom. The molecule has 1 atom stereocenters. The summed E-state index contributed by atoms with van der Waals surface area (Å²) in [7, 11) is 0. The van der Waals surface area contributed by atoms with E-state index >= 15 is 0 Å². The molecular weight excluding hydrogens is 419 g/mol. The number of hydrogen-bond donors (Lipinski definition) is 1. The quantitative estimate of drug-likeness (QED) is 0.519. The van der Waals surface area contributed by atoms with Gasteiger partial charge in [0.2, 0.25) is 5.91 Å². The van der Waals surface area contributed by atoms with Crippen molar-refractivity contribution in [3.63, 3.8) is 0 Å². The maximum absolute atomic E-state index is 14.5. The average molecular weight is 435 g/mol. The molecule has 4 aromatic rings. The molecule has 0 fully saturated rings. The number of halogens is 2. The van der Waals surface area contributed by atoms with Gasteiger partial charge < -0.3 is 5.32 Å². The number of fused-ring (bicyclic) bond motifs is 1. The summed E-state index contributed by atoms with van der Waals surface area (Å²) < 4.78 is 16.0. The van der Waals surface area contributed by atoms with E-state index in [1.807, 2.05) is 19.1 Å². The second kappa shape index (κ2) is 7.55. The minimum Gasteiger partial charge on any atom is -0.310 e. The molecule has 0 spiro atoms. The second-order valence-electron chi connectivity index (χ2n) is 7.23. The molecule has 5 rings (SSSR count). The third kappa shape index (κ3) is 3.44. The fourth-order valence-electron chi connectivity index (χ4n) is 3.86. The summed E-state index contributed by atoms with van der Waals surface area (Å²) in [6.07, 6.45) is 1.67. The number of amides is 1. The molecule has 2 aromatic heterocycles. The molecule has 1 aliphatic heterocycles. The zero-order valence-electron chi connectivity index (χ0n) is 16.4. The molecular formula is C22H16ClFN6O. The first-order chi connectivity index (χ1) is 15.0. The number of nitrogens with zero attached hydrogens (tertiary/aromatic N) is 5. The Balaban J connectivity index is 1.63. The third-order valence-corrected chi connectivity index (χ3v) is 5.51. The van der Waals surface area contributed by atoms with Gasteiger partial charge in [0, 0.05) is 28.5 Å². The van der Waals surface area contributed by atoms with Crippen molar-refractivity contribution in [3.05, 3.63) is 82.4 Å². The van der Waals surface area contributed by atoms with Crippen molar-refractivity contribution in [3.8, 4) is 17.2 Å². The van der Waals surface area contributed by atoms with E-state index in [1.165, 1.54) is 16.9 Å². The van der Waals surface area contributed by atoms with Crippen LogP contribution in [0.3, 0.4) is 0 Å². The molecule has 2 aromatic carbocycles. The molecule has 0 saturated heterocycles. The highest BCUT2D eigenvalue weighted by Crippen LogP contribution is 2.40. The van der Waals surface area contributed by atoms with Crippen LogP contribution in [-0.4, -0.2) is 30.9 Å². The molecule has 154 valence electrons. The van der Waals surface area contributed by atoms with Gasteiger partial charge in [0.1, 0.15) is 11.6 Å². The Labute approximate surface area is 181 Å². The first-order valence-electron chi connectivity index (χ1n) is 9.61. The molecule has 7 nitrogen and oxygen atoms in total. The van der Waals surface area contributed by atoms with Crippen molar-refractivity contribution in [2.45, 2.75) is 19.3 Å². The van der Waals surface area contributed by atoms with Crippen LogP contribution in [0.5, 0.6) is 0 Å². The Bertz CT molecular complexity index is 1300. The van der Waals surface area contributed by atoms with Crippen LogP contribution in [0.1, 0.15) is 29.2 Å². The molecule has 0 radical (unpaired) electrons. The molecule has 3 heterocycles. The molecule has 9 heteroatoms. The Morgan fingerprint density at radius 2 is 1.94 bits per heavy atom. The fraction of sp³-hybridized carbons (Fsp3) is 0.136. The number of carbonyl (C=O) groups is 1. The summed E-state index contributed by atoms with van der Waals surface area (Å²) in [5.74, 6) is -0.416. The molecule has 1 amide bonds. The van der Waals surface area contributed by atoms with Gasteiger partial charge in [-0.3, -0.25) is 4.79 Å². The predicted molar refractivity (Wildman–Crippen MR) is 114 cm³/mol. The summed E-state index contributed by atoms with van der Waals surface area (Å²) >= 11 is 5.97. The Kier molecular flexibility index (Phi) is 4.71. The number of aryl methyl sites for hydroxylation is 1. The number of nitrogens with one attached hydrogen (secondary N) is 1. The lowest BCUT2D eigenvalue weighted by Crippen LogP contribution is -2.25. The first-order valence-corrected chi connectivity index (χ1v) is 9.99. The number of hydrogen-bond acceptors (Lipinski definition) is 5. The van der Waals surface area contributed by atoms with Gasteiger partial charge >= 0.3 is 0 Å². The van der Waals surface area contributed by atoms with E-state index in [0.717, 1.165) is 11.1 Å². The Morgan fingerprint density at radius 3 is 2.71 bits per heavy atom. The molecule has 0 aliphatic carbocycles. The molecule has 1 N–H and O–H groups in total. The van der Waals surface area contributed by atoms with E-state index in [-0.39, 0.29) is 24.1 Å². The van der Waals surface area contributed by atoms with Crippen molar-refractivity contribution in [1.29, 1.82) is 0 Å². The average Bonchev–Trinajstić information content (AvgIpc) is 3.10. The number of rotatable bonds is 3. The SMILES string of the molecule is Cc1nn(-c2nncc(-c3ccc(Cl)cc3)n2)c2c1C(c1ccccc1F)CC(=O)N2. The highest BCUT2D eigenvalue weighted by atomic mass is 35.5. The van der Waals surface area contributed by atoms with Crippen LogP contribution in [-0.2, 0) is 4.79 Å². The van der Waals surface area contributed by atoms with Crippen LogP contribution in [0.15, 0.2) is 54.7 Å². The third-order valence-electron chi connectivity index (χ3n) is 5.26. The molecule has 31 heavy (non-hydrogen) atoms. The molecule has 0 saturated carbocycles. The van der Waals surface area contributed by atoms with Crippen LogP contribution in [0.25, 0.3) is 17.2 Å². The van der Waals surface area contributed by atoms with Crippen LogP contribution in [0.2, 0.25) is 5.02 Å². The van der Waals surface area contributed by atoms with Gasteiger partial charge in [-0.1, -0.05) is 41.9 Å². The van der Waals surface area contributed by atoms with E-state index in [0.29, 0.717) is 27.8 Å². The molecule has 1 aliphatic rings. The van der Waals surface area contributed by atoms with Gasteiger partial charge in [-0.05, 0) is 30.7 Å². The van der Waals surface area contributed by atoms with Gasteiger partial charge in [-0.2, -0.15) is 14.9 Å². The van der Waals surface area contributed by atoms with Crippen LogP contribution >= 0.6 is 11.6 Å². The van der Waals surface area contributed by atoms with E-state index in [2.05, 4.69) is 25.6 Å². The number of benzene rings is 2. The summed E-state index contributed by atoms with van der Waals surface area (Å²) in [5.41, 5.74) is 3.24. The maximum atomic E-state index is 14.5. The summed E-state index contributed by atoms with van der Waals surface area (Å²) in [4.78, 5) is 17.1. The van der Waals surface area contributed by atoms with Crippen molar-refractivity contribution in [2.75, 3.05) is 5.32 Å². The minimum absolute atomic E-state index is 0.129. The van der Waals surface area contributed by atoms with Crippen molar-refractivity contribution in [1.82, 2.24) is 25.0 Å². The van der Waals surface area contributed by atoms with E-state index < -0.39 is 5.92 Å². The summed E-state index contributed by atoms with van der Waals surface area (Å²) in [6, 6.07) is 13.7. The summed E-state index contributed by atoms with van der Waals surface area (Å²) in [6.45, 7) is 1.82. The second-order valence-corrected chi connectivity index (χ2v) is 7.67. The van der Waals surface area contributed by atoms with Crippen LogP contribution in [0.4, 0.5) is 10.2 Å².